The van der Waals surface area contributed by atoms with E-state index in [1.807, 2.05) is 25.0 Å². The van der Waals surface area contributed by atoms with E-state index >= 15 is 0 Å². The minimum Gasteiger partial charge on any atom is -0.317 e. The van der Waals surface area contributed by atoms with E-state index < -0.39 is 0 Å². The predicted molar refractivity (Wildman–Crippen MR) is 67.0 cm³/mol. The Morgan fingerprint density at radius 3 is 2.73 bits per heavy atom. The predicted octanol–water partition coefficient (Wildman–Crippen LogP) is 2.50. The first-order valence-corrected chi connectivity index (χ1v) is 6.32. The third kappa shape index (κ3) is 3.61. The van der Waals surface area contributed by atoms with E-state index in [1.165, 1.54) is 25.0 Å². The maximum absolute atomic E-state index is 4.22. The first kappa shape index (κ1) is 12.7. The van der Waals surface area contributed by atoms with Crippen LogP contribution >= 0.6 is 15.9 Å². The van der Waals surface area contributed by atoms with Crippen LogP contribution in [-0.2, 0) is 13.5 Å². The number of aryl methyl sites for hydroxylation is 1. The van der Waals surface area contributed by atoms with Gasteiger partial charge in [0.1, 0.15) is 0 Å². The number of hydrogen-bond donors (Lipinski definition) is 1. The Balaban J connectivity index is 2.48. The van der Waals surface area contributed by atoms with Crippen molar-refractivity contribution in [2.45, 2.75) is 38.6 Å². The Bertz CT molecular complexity index is 277. The van der Waals surface area contributed by atoms with E-state index in [2.05, 4.69) is 33.3 Å². The molecule has 0 radical (unpaired) electrons. The summed E-state index contributed by atoms with van der Waals surface area (Å²) in [5, 5.41) is 7.57. The van der Waals surface area contributed by atoms with Gasteiger partial charge in [-0.3, -0.25) is 4.68 Å². The van der Waals surface area contributed by atoms with Crippen LogP contribution in [0.1, 0.15) is 31.9 Å². The van der Waals surface area contributed by atoms with Crippen LogP contribution in [0.2, 0.25) is 0 Å². The van der Waals surface area contributed by atoms with Crippen molar-refractivity contribution in [3.8, 4) is 0 Å². The molecule has 1 atom stereocenters. The molecule has 86 valence electrons. The maximum atomic E-state index is 4.22. The SMILES string of the molecule is CCCC(CCc1c(Br)cnn1C)NC. The summed E-state index contributed by atoms with van der Waals surface area (Å²) >= 11 is 3.52. The number of rotatable bonds is 6. The van der Waals surface area contributed by atoms with Crippen LogP contribution in [0.15, 0.2) is 10.7 Å². The summed E-state index contributed by atoms with van der Waals surface area (Å²) in [6.45, 7) is 2.23. The normalized spacial score (nSPS) is 13.1. The molecule has 0 aliphatic carbocycles. The van der Waals surface area contributed by atoms with E-state index in [0.717, 1.165) is 10.9 Å². The van der Waals surface area contributed by atoms with Crippen LogP contribution in [0.25, 0.3) is 0 Å². The summed E-state index contributed by atoms with van der Waals surface area (Å²) in [4.78, 5) is 0. The van der Waals surface area contributed by atoms with Gasteiger partial charge in [0.2, 0.25) is 0 Å². The van der Waals surface area contributed by atoms with Crippen LogP contribution in [0.3, 0.4) is 0 Å². The van der Waals surface area contributed by atoms with E-state index in [-0.39, 0.29) is 0 Å². The summed E-state index contributed by atoms with van der Waals surface area (Å²) in [5.74, 6) is 0. The Hall–Kier alpha value is -0.350. The standard InChI is InChI=1S/C11H20BrN3/c1-4-5-9(13-2)6-7-11-10(12)8-14-15(11)3/h8-9,13H,4-7H2,1-3H3. The van der Waals surface area contributed by atoms with Gasteiger partial charge >= 0.3 is 0 Å². The van der Waals surface area contributed by atoms with Crippen molar-refractivity contribution in [3.63, 3.8) is 0 Å². The summed E-state index contributed by atoms with van der Waals surface area (Å²) in [5.41, 5.74) is 1.28. The highest BCUT2D eigenvalue weighted by molar-refractivity contribution is 9.10. The molecule has 1 aromatic heterocycles. The molecule has 0 bridgehead atoms. The molecule has 3 nitrogen and oxygen atoms in total. The zero-order chi connectivity index (χ0) is 11.3. The van der Waals surface area contributed by atoms with E-state index in [1.54, 1.807) is 0 Å². The number of nitrogens with one attached hydrogen (secondary N) is 1. The molecule has 0 fully saturated rings. The van der Waals surface area contributed by atoms with Crippen molar-refractivity contribution >= 4 is 15.9 Å². The number of halogens is 1. The van der Waals surface area contributed by atoms with Gasteiger partial charge in [-0.25, -0.2) is 0 Å². The fraction of sp³-hybridized carbons (Fsp3) is 0.727. The van der Waals surface area contributed by atoms with Gasteiger partial charge < -0.3 is 5.32 Å². The Labute approximate surface area is 100 Å². The highest BCUT2D eigenvalue weighted by Crippen LogP contribution is 2.18. The summed E-state index contributed by atoms with van der Waals surface area (Å²) in [6, 6.07) is 0.622. The number of aromatic nitrogens is 2. The monoisotopic (exact) mass is 273 g/mol. The zero-order valence-corrected chi connectivity index (χ0v) is 11.3. The van der Waals surface area contributed by atoms with E-state index in [9.17, 15) is 0 Å². The molecular formula is C11H20BrN3. The van der Waals surface area contributed by atoms with Gasteiger partial charge in [0.15, 0.2) is 0 Å². The van der Waals surface area contributed by atoms with Gasteiger partial charge in [-0.05, 0) is 42.2 Å². The van der Waals surface area contributed by atoms with Crippen molar-refractivity contribution < 1.29 is 0 Å². The Morgan fingerprint density at radius 2 is 2.27 bits per heavy atom. The zero-order valence-electron chi connectivity index (χ0n) is 9.76. The second-order valence-electron chi connectivity index (χ2n) is 3.88. The lowest BCUT2D eigenvalue weighted by molar-refractivity contribution is 0.476. The largest absolute Gasteiger partial charge is 0.317 e. The van der Waals surface area contributed by atoms with Crippen LogP contribution in [0, 0.1) is 0 Å². The average Bonchev–Trinajstić information content (AvgIpc) is 2.54. The maximum Gasteiger partial charge on any atom is 0.0635 e. The third-order valence-electron chi connectivity index (χ3n) is 2.79. The highest BCUT2D eigenvalue weighted by atomic mass is 79.9. The number of nitrogens with zero attached hydrogens (tertiary/aromatic N) is 2. The van der Waals surface area contributed by atoms with E-state index in [0.29, 0.717) is 6.04 Å². The summed E-state index contributed by atoms with van der Waals surface area (Å²) < 4.78 is 3.07. The van der Waals surface area contributed by atoms with Gasteiger partial charge in [-0.2, -0.15) is 5.10 Å². The van der Waals surface area contributed by atoms with Crippen LogP contribution in [-0.4, -0.2) is 22.9 Å². The lowest BCUT2D eigenvalue weighted by atomic mass is 10.1. The van der Waals surface area contributed by atoms with Crippen LogP contribution in [0.4, 0.5) is 0 Å². The van der Waals surface area contributed by atoms with Gasteiger partial charge in [-0.1, -0.05) is 13.3 Å². The molecule has 15 heavy (non-hydrogen) atoms. The van der Waals surface area contributed by atoms with E-state index in [4.69, 9.17) is 0 Å². The van der Waals surface area contributed by atoms with Crippen LogP contribution in [0.5, 0.6) is 0 Å². The molecule has 0 aromatic carbocycles. The summed E-state index contributed by atoms with van der Waals surface area (Å²) in [6.07, 6.45) is 6.58. The molecule has 1 heterocycles. The minimum absolute atomic E-state index is 0.622. The Morgan fingerprint density at radius 1 is 1.53 bits per heavy atom. The second-order valence-corrected chi connectivity index (χ2v) is 4.73. The molecule has 1 unspecified atom stereocenters. The molecule has 4 heteroatoms. The second kappa shape index (κ2) is 6.28. The smallest absolute Gasteiger partial charge is 0.0635 e. The molecule has 0 aliphatic rings. The summed E-state index contributed by atoms with van der Waals surface area (Å²) in [7, 11) is 4.03. The number of hydrogen-bond acceptors (Lipinski definition) is 2. The molecule has 0 saturated carbocycles. The van der Waals surface area contributed by atoms with Crippen LogP contribution < -0.4 is 5.32 Å². The molecule has 1 N–H and O–H groups in total. The van der Waals surface area contributed by atoms with Crippen molar-refractivity contribution in [1.82, 2.24) is 15.1 Å². The topological polar surface area (TPSA) is 29.9 Å². The fourth-order valence-electron chi connectivity index (χ4n) is 1.81. The van der Waals surface area contributed by atoms with Crippen molar-refractivity contribution in [1.29, 1.82) is 0 Å². The first-order valence-electron chi connectivity index (χ1n) is 5.52. The third-order valence-corrected chi connectivity index (χ3v) is 3.45. The van der Waals surface area contributed by atoms with Crippen molar-refractivity contribution in [2.24, 2.45) is 7.05 Å². The van der Waals surface area contributed by atoms with Gasteiger partial charge in [0.25, 0.3) is 0 Å². The molecular weight excluding hydrogens is 254 g/mol. The van der Waals surface area contributed by atoms with Gasteiger partial charge in [0, 0.05) is 13.1 Å². The lowest BCUT2D eigenvalue weighted by Crippen LogP contribution is -2.25. The molecule has 1 rings (SSSR count). The lowest BCUT2D eigenvalue weighted by Gasteiger charge is -2.15. The Kier molecular flexibility index (Phi) is 5.32. The molecule has 0 amide bonds. The molecule has 0 aliphatic heterocycles. The quantitative estimate of drug-likeness (QED) is 0.863. The fourth-order valence-corrected chi connectivity index (χ4v) is 2.36. The first-order chi connectivity index (χ1) is 7.19. The van der Waals surface area contributed by atoms with Crippen molar-refractivity contribution in [3.05, 3.63) is 16.4 Å². The molecule has 1 aromatic rings. The van der Waals surface area contributed by atoms with Gasteiger partial charge in [0.05, 0.1) is 16.4 Å². The minimum atomic E-state index is 0.622. The van der Waals surface area contributed by atoms with Crippen molar-refractivity contribution in [2.75, 3.05) is 7.05 Å². The van der Waals surface area contributed by atoms with Gasteiger partial charge in [-0.15, -0.1) is 0 Å². The molecule has 0 saturated heterocycles. The molecule has 0 spiro atoms. The highest BCUT2D eigenvalue weighted by Gasteiger charge is 2.09. The average molecular weight is 274 g/mol.